The van der Waals surface area contributed by atoms with Crippen molar-refractivity contribution < 1.29 is 4.74 Å². The highest BCUT2D eigenvalue weighted by molar-refractivity contribution is 5.27. The van der Waals surface area contributed by atoms with Crippen LogP contribution in [-0.4, -0.2) is 12.6 Å². The second-order valence-corrected chi connectivity index (χ2v) is 6.31. The highest BCUT2D eigenvalue weighted by Crippen LogP contribution is 2.19. The Bertz CT molecular complexity index is 351. The van der Waals surface area contributed by atoms with Crippen molar-refractivity contribution in [1.82, 2.24) is 5.32 Å². The van der Waals surface area contributed by atoms with E-state index in [1.807, 2.05) is 0 Å². The number of ether oxygens (including phenoxy) is 1. The van der Waals surface area contributed by atoms with Crippen LogP contribution in [0.2, 0.25) is 0 Å². The number of hydrogen-bond acceptors (Lipinski definition) is 2. The zero-order chi connectivity index (χ0) is 14.3. The smallest absolute Gasteiger partial charge is 0.119 e. The van der Waals surface area contributed by atoms with Gasteiger partial charge in [0, 0.05) is 12.6 Å². The standard InChI is InChI=1S/C17H29NO/c1-6-7-12-19-16-10-8-15(9-11-16)13-18-14(2)17(3,4)5/h8-11,14,18H,6-7,12-13H2,1-5H3. The predicted octanol–water partition coefficient (Wildman–Crippen LogP) is 4.39. The van der Waals surface area contributed by atoms with Gasteiger partial charge in [0.25, 0.3) is 0 Å². The summed E-state index contributed by atoms with van der Waals surface area (Å²) in [6, 6.07) is 8.91. The summed E-state index contributed by atoms with van der Waals surface area (Å²) in [6.45, 7) is 12.9. The first-order chi connectivity index (χ1) is 8.93. The average Bonchev–Trinajstić information content (AvgIpc) is 2.36. The minimum atomic E-state index is 0.295. The fourth-order valence-electron chi connectivity index (χ4n) is 1.62. The van der Waals surface area contributed by atoms with Crippen molar-refractivity contribution in [3.63, 3.8) is 0 Å². The molecule has 0 saturated heterocycles. The second kappa shape index (κ2) is 7.54. The molecule has 19 heavy (non-hydrogen) atoms. The Labute approximate surface area is 118 Å². The number of nitrogens with one attached hydrogen (secondary N) is 1. The van der Waals surface area contributed by atoms with Crippen molar-refractivity contribution in [1.29, 1.82) is 0 Å². The van der Waals surface area contributed by atoms with E-state index in [1.165, 1.54) is 12.0 Å². The summed E-state index contributed by atoms with van der Waals surface area (Å²) in [4.78, 5) is 0. The molecule has 1 aromatic carbocycles. The van der Waals surface area contributed by atoms with Gasteiger partial charge >= 0.3 is 0 Å². The Kier molecular flexibility index (Phi) is 6.36. The summed E-state index contributed by atoms with van der Waals surface area (Å²) in [7, 11) is 0. The van der Waals surface area contributed by atoms with Gasteiger partial charge in [-0.1, -0.05) is 46.2 Å². The SMILES string of the molecule is CCCCOc1ccc(CNC(C)C(C)(C)C)cc1. The van der Waals surface area contributed by atoms with Crippen molar-refractivity contribution in [3.8, 4) is 5.75 Å². The molecule has 2 nitrogen and oxygen atoms in total. The summed E-state index contributed by atoms with van der Waals surface area (Å²) in [5.74, 6) is 0.973. The molecular weight excluding hydrogens is 234 g/mol. The van der Waals surface area contributed by atoms with Crippen LogP contribution in [0.3, 0.4) is 0 Å². The molecule has 0 heterocycles. The first-order valence-corrected chi connectivity index (χ1v) is 7.38. The number of rotatable bonds is 7. The third-order valence-electron chi connectivity index (χ3n) is 3.60. The van der Waals surface area contributed by atoms with Gasteiger partial charge in [-0.2, -0.15) is 0 Å². The van der Waals surface area contributed by atoms with Gasteiger partial charge in [-0.25, -0.2) is 0 Å². The Hall–Kier alpha value is -1.02. The van der Waals surface area contributed by atoms with Gasteiger partial charge in [-0.3, -0.25) is 0 Å². The molecule has 0 saturated carbocycles. The first-order valence-electron chi connectivity index (χ1n) is 7.38. The molecule has 0 spiro atoms. The van der Waals surface area contributed by atoms with Gasteiger partial charge in [0.2, 0.25) is 0 Å². The molecular formula is C17H29NO. The van der Waals surface area contributed by atoms with E-state index in [0.717, 1.165) is 25.3 Å². The lowest BCUT2D eigenvalue weighted by Gasteiger charge is -2.28. The van der Waals surface area contributed by atoms with Crippen LogP contribution in [0.1, 0.15) is 53.0 Å². The van der Waals surface area contributed by atoms with Crippen molar-refractivity contribution in [3.05, 3.63) is 29.8 Å². The Balaban J connectivity index is 2.40. The van der Waals surface area contributed by atoms with Crippen LogP contribution < -0.4 is 10.1 Å². The molecule has 1 atom stereocenters. The fraction of sp³-hybridized carbons (Fsp3) is 0.647. The monoisotopic (exact) mass is 263 g/mol. The minimum absolute atomic E-state index is 0.295. The van der Waals surface area contributed by atoms with Gasteiger partial charge in [0.15, 0.2) is 0 Å². The summed E-state index contributed by atoms with van der Waals surface area (Å²) in [6.07, 6.45) is 2.29. The molecule has 0 amide bonds. The van der Waals surface area contributed by atoms with Crippen LogP contribution in [0.15, 0.2) is 24.3 Å². The molecule has 2 heteroatoms. The average molecular weight is 263 g/mol. The summed E-state index contributed by atoms with van der Waals surface area (Å²) in [5, 5.41) is 3.57. The molecule has 1 unspecified atom stereocenters. The maximum absolute atomic E-state index is 5.66. The molecule has 0 fully saturated rings. The molecule has 1 aromatic rings. The largest absolute Gasteiger partial charge is 0.494 e. The van der Waals surface area contributed by atoms with Crippen molar-refractivity contribution in [2.24, 2.45) is 5.41 Å². The molecule has 0 aromatic heterocycles. The van der Waals surface area contributed by atoms with Crippen LogP contribution in [0.4, 0.5) is 0 Å². The maximum atomic E-state index is 5.66. The molecule has 0 bridgehead atoms. The molecule has 0 aliphatic carbocycles. The van der Waals surface area contributed by atoms with Crippen LogP contribution in [0, 0.1) is 5.41 Å². The Morgan fingerprint density at radius 1 is 1.16 bits per heavy atom. The number of benzene rings is 1. The lowest BCUT2D eigenvalue weighted by Crippen LogP contribution is -2.37. The van der Waals surface area contributed by atoms with Gasteiger partial charge in [-0.15, -0.1) is 0 Å². The Morgan fingerprint density at radius 2 is 1.79 bits per heavy atom. The molecule has 108 valence electrons. The maximum Gasteiger partial charge on any atom is 0.119 e. The van der Waals surface area contributed by atoms with Crippen molar-refractivity contribution >= 4 is 0 Å². The van der Waals surface area contributed by atoms with Gasteiger partial charge < -0.3 is 10.1 Å². The van der Waals surface area contributed by atoms with Crippen LogP contribution in [0.5, 0.6) is 5.75 Å². The zero-order valence-corrected chi connectivity index (χ0v) is 13.1. The second-order valence-electron chi connectivity index (χ2n) is 6.31. The van der Waals surface area contributed by atoms with Crippen LogP contribution >= 0.6 is 0 Å². The van der Waals surface area contributed by atoms with Crippen LogP contribution in [-0.2, 0) is 6.54 Å². The van der Waals surface area contributed by atoms with E-state index in [0.29, 0.717) is 11.5 Å². The lowest BCUT2D eigenvalue weighted by atomic mass is 9.88. The van der Waals surface area contributed by atoms with Gasteiger partial charge in [0.05, 0.1) is 6.61 Å². The quantitative estimate of drug-likeness (QED) is 0.737. The highest BCUT2D eigenvalue weighted by Gasteiger charge is 2.18. The number of unbranched alkanes of at least 4 members (excludes halogenated alkanes) is 1. The van der Waals surface area contributed by atoms with E-state index < -0.39 is 0 Å². The van der Waals surface area contributed by atoms with E-state index in [2.05, 4.69) is 64.2 Å². The Morgan fingerprint density at radius 3 is 2.32 bits per heavy atom. The minimum Gasteiger partial charge on any atom is -0.494 e. The van der Waals surface area contributed by atoms with Gasteiger partial charge in [0.1, 0.15) is 5.75 Å². The third kappa shape index (κ3) is 6.11. The summed E-state index contributed by atoms with van der Waals surface area (Å²) < 4.78 is 5.66. The molecule has 1 N–H and O–H groups in total. The fourth-order valence-corrected chi connectivity index (χ4v) is 1.62. The first kappa shape index (κ1) is 16.0. The lowest BCUT2D eigenvalue weighted by molar-refractivity contribution is 0.285. The molecule has 0 aliphatic rings. The van der Waals surface area contributed by atoms with E-state index in [-0.39, 0.29) is 0 Å². The summed E-state index contributed by atoms with van der Waals surface area (Å²) >= 11 is 0. The zero-order valence-electron chi connectivity index (χ0n) is 13.1. The van der Waals surface area contributed by atoms with E-state index in [9.17, 15) is 0 Å². The molecule has 0 radical (unpaired) electrons. The van der Waals surface area contributed by atoms with Crippen molar-refractivity contribution in [2.75, 3.05) is 6.61 Å². The van der Waals surface area contributed by atoms with Gasteiger partial charge in [-0.05, 0) is 36.5 Å². The highest BCUT2D eigenvalue weighted by atomic mass is 16.5. The predicted molar refractivity (Wildman–Crippen MR) is 82.6 cm³/mol. The van der Waals surface area contributed by atoms with E-state index in [1.54, 1.807) is 0 Å². The molecule has 0 aliphatic heterocycles. The number of hydrogen-bond donors (Lipinski definition) is 1. The normalized spacial score (nSPS) is 13.3. The third-order valence-corrected chi connectivity index (χ3v) is 3.60. The van der Waals surface area contributed by atoms with E-state index in [4.69, 9.17) is 4.74 Å². The summed E-state index contributed by atoms with van der Waals surface area (Å²) in [5.41, 5.74) is 1.60. The molecule has 1 rings (SSSR count). The topological polar surface area (TPSA) is 21.3 Å². The van der Waals surface area contributed by atoms with Crippen molar-refractivity contribution in [2.45, 2.75) is 60.0 Å². The van der Waals surface area contributed by atoms with E-state index >= 15 is 0 Å². The van der Waals surface area contributed by atoms with Crippen LogP contribution in [0.25, 0.3) is 0 Å².